The fraction of sp³-hybridized carbons (Fsp3) is 0.0476. The maximum absolute atomic E-state index is 12.2. The summed E-state index contributed by atoms with van der Waals surface area (Å²) in [6, 6.07) is 14.5. The lowest BCUT2D eigenvalue weighted by molar-refractivity contribution is -0.384. The molecule has 0 radical (unpaired) electrons. The molecule has 3 rings (SSSR count). The molecule has 0 aliphatic carbocycles. The van der Waals surface area contributed by atoms with Gasteiger partial charge in [-0.25, -0.2) is 5.43 Å². The van der Waals surface area contributed by atoms with Gasteiger partial charge in [-0.05, 0) is 98.8 Å². The molecule has 3 aromatic rings. The number of nitro benzene ring substituents is 1. The molecule has 0 saturated heterocycles. The number of amides is 1. The number of ether oxygens (including phenoxy) is 1. The number of hydrazone groups is 1. The highest BCUT2D eigenvalue weighted by Gasteiger charge is 2.11. The van der Waals surface area contributed by atoms with Gasteiger partial charge in [-0.2, -0.15) is 5.10 Å². The van der Waals surface area contributed by atoms with Gasteiger partial charge in [-0.1, -0.05) is 23.2 Å². The quantitative estimate of drug-likeness (QED) is 0.133. The van der Waals surface area contributed by atoms with Crippen LogP contribution in [0.25, 0.3) is 0 Å². The molecule has 0 spiro atoms. The lowest BCUT2D eigenvalue weighted by atomic mass is 10.2. The van der Waals surface area contributed by atoms with Crippen molar-refractivity contribution in [3.8, 4) is 5.75 Å². The van der Waals surface area contributed by atoms with Crippen molar-refractivity contribution in [1.82, 2.24) is 5.43 Å². The van der Waals surface area contributed by atoms with Crippen LogP contribution in [0.2, 0.25) is 10.0 Å². The van der Waals surface area contributed by atoms with E-state index in [-0.39, 0.29) is 22.9 Å². The minimum Gasteiger partial charge on any atom is -0.487 e. The maximum atomic E-state index is 12.2. The van der Waals surface area contributed by atoms with Crippen LogP contribution in [0.15, 0.2) is 59.7 Å². The van der Waals surface area contributed by atoms with E-state index >= 15 is 0 Å². The summed E-state index contributed by atoms with van der Waals surface area (Å²) in [5.41, 5.74) is 4.33. The third kappa shape index (κ3) is 6.53. The van der Waals surface area contributed by atoms with E-state index in [1.807, 2.05) is 12.1 Å². The lowest BCUT2D eigenvalue weighted by Crippen LogP contribution is -2.18. The zero-order valence-corrected chi connectivity index (χ0v) is 21.8. The van der Waals surface area contributed by atoms with Gasteiger partial charge < -0.3 is 4.74 Å². The molecule has 0 heterocycles. The third-order valence-corrected chi connectivity index (χ3v) is 6.26. The molecule has 0 saturated carbocycles. The molecule has 0 fully saturated rings. The third-order valence-electron chi connectivity index (χ3n) is 4.11. The number of hydrogen-bond donors (Lipinski definition) is 1. The van der Waals surface area contributed by atoms with Gasteiger partial charge in [0.1, 0.15) is 12.4 Å². The first-order valence-electron chi connectivity index (χ1n) is 8.88. The number of carbonyl (C=O) groups is 1. The Labute approximate surface area is 220 Å². The average Bonchev–Trinajstić information content (AvgIpc) is 2.73. The van der Waals surface area contributed by atoms with Crippen LogP contribution in [0, 0.1) is 17.3 Å². The van der Waals surface area contributed by atoms with Crippen LogP contribution in [0.3, 0.4) is 0 Å². The van der Waals surface area contributed by atoms with Crippen molar-refractivity contribution in [1.29, 1.82) is 0 Å². The number of halogens is 4. The number of non-ortho nitro benzene ring substituents is 1. The molecule has 1 amide bonds. The molecule has 0 aromatic heterocycles. The van der Waals surface area contributed by atoms with E-state index in [0.717, 1.165) is 18.3 Å². The van der Waals surface area contributed by atoms with Crippen LogP contribution >= 0.6 is 68.4 Å². The lowest BCUT2D eigenvalue weighted by Gasteiger charge is -2.11. The van der Waals surface area contributed by atoms with Crippen LogP contribution in [0.5, 0.6) is 5.75 Å². The fourth-order valence-electron chi connectivity index (χ4n) is 2.56. The van der Waals surface area contributed by atoms with Crippen LogP contribution in [0.4, 0.5) is 5.69 Å². The molecule has 0 atom stereocenters. The first kappa shape index (κ1) is 24.7. The largest absolute Gasteiger partial charge is 0.487 e. The van der Waals surface area contributed by atoms with E-state index in [0.29, 0.717) is 10.8 Å². The van der Waals surface area contributed by atoms with Crippen molar-refractivity contribution in [2.75, 3.05) is 0 Å². The second kappa shape index (κ2) is 11.3. The highest BCUT2D eigenvalue weighted by Crippen LogP contribution is 2.29. The minimum atomic E-state index is -0.449. The maximum Gasteiger partial charge on any atom is 0.272 e. The van der Waals surface area contributed by atoms with E-state index in [4.69, 9.17) is 27.9 Å². The van der Waals surface area contributed by atoms with Gasteiger partial charge in [-0.3, -0.25) is 14.9 Å². The minimum absolute atomic E-state index is 0.0342. The summed E-state index contributed by atoms with van der Waals surface area (Å²) in [5.74, 6) is 0.244. The van der Waals surface area contributed by atoms with Crippen LogP contribution in [0.1, 0.15) is 21.5 Å². The summed E-state index contributed by atoms with van der Waals surface area (Å²) in [7, 11) is 0. The molecule has 3 aromatic carbocycles. The van der Waals surface area contributed by atoms with Crippen molar-refractivity contribution in [3.05, 3.63) is 98.6 Å². The summed E-state index contributed by atoms with van der Waals surface area (Å²) in [4.78, 5) is 22.5. The predicted octanol–water partition coefficient (Wildman–Crippen LogP) is 6.45. The van der Waals surface area contributed by atoms with Gasteiger partial charge in [0.2, 0.25) is 0 Å². The standard InChI is InChI=1S/C21H13Cl2I2N3O4/c22-14-3-6-16(17(23)9-14)21(29)27-26-10-13-7-18(24)20(19(25)8-13)32-11-12-1-4-15(5-2-12)28(30)31/h1-10H,11H2,(H,27,29)/b26-10+. The number of nitro groups is 1. The van der Waals surface area contributed by atoms with E-state index in [2.05, 4.69) is 55.7 Å². The number of carbonyl (C=O) groups excluding carboxylic acids is 1. The second-order valence-corrected chi connectivity index (χ2v) is 9.52. The first-order chi connectivity index (χ1) is 15.2. The monoisotopic (exact) mass is 695 g/mol. The zero-order valence-electron chi connectivity index (χ0n) is 16.0. The summed E-state index contributed by atoms with van der Waals surface area (Å²) in [5, 5.41) is 15.4. The molecule has 7 nitrogen and oxygen atoms in total. The van der Waals surface area contributed by atoms with Crippen molar-refractivity contribution >= 4 is 86.2 Å². The fourth-order valence-corrected chi connectivity index (χ4v) is 5.18. The summed E-state index contributed by atoms with van der Waals surface area (Å²) in [6.45, 7) is 0.273. The van der Waals surface area contributed by atoms with Crippen molar-refractivity contribution in [2.45, 2.75) is 6.61 Å². The molecular formula is C21H13Cl2I2N3O4. The van der Waals surface area contributed by atoms with Gasteiger partial charge in [0, 0.05) is 17.2 Å². The smallest absolute Gasteiger partial charge is 0.272 e. The van der Waals surface area contributed by atoms with E-state index in [1.54, 1.807) is 18.2 Å². The number of benzene rings is 3. The van der Waals surface area contributed by atoms with E-state index in [1.165, 1.54) is 30.5 Å². The number of hydrogen-bond acceptors (Lipinski definition) is 5. The number of nitrogens with one attached hydrogen (secondary N) is 1. The molecule has 11 heteroatoms. The Morgan fingerprint density at radius 1 is 1.09 bits per heavy atom. The van der Waals surface area contributed by atoms with E-state index < -0.39 is 10.8 Å². The highest BCUT2D eigenvalue weighted by molar-refractivity contribution is 14.1. The second-order valence-electron chi connectivity index (χ2n) is 6.35. The van der Waals surface area contributed by atoms with Crippen LogP contribution in [-0.2, 0) is 6.61 Å². The Balaban J connectivity index is 1.64. The molecule has 164 valence electrons. The number of nitrogens with zero attached hydrogens (tertiary/aromatic N) is 2. The first-order valence-corrected chi connectivity index (χ1v) is 11.8. The van der Waals surface area contributed by atoms with Crippen molar-refractivity contribution < 1.29 is 14.5 Å². The highest BCUT2D eigenvalue weighted by atomic mass is 127. The molecule has 0 unspecified atom stereocenters. The molecule has 32 heavy (non-hydrogen) atoms. The van der Waals surface area contributed by atoms with E-state index in [9.17, 15) is 14.9 Å². The molecular weight excluding hydrogens is 683 g/mol. The Kier molecular flexibility index (Phi) is 8.68. The Morgan fingerprint density at radius 2 is 1.75 bits per heavy atom. The summed E-state index contributed by atoms with van der Waals surface area (Å²) >= 11 is 16.2. The predicted molar refractivity (Wildman–Crippen MR) is 141 cm³/mol. The Morgan fingerprint density at radius 3 is 2.34 bits per heavy atom. The van der Waals surface area contributed by atoms with Crippen LogP contribution in [-0.4, -0.2) is 17.0 Å². The molecule has 0 bridgehead atoms. The van der Waals surface area contributed by atoms with Gasteiger partial charge in [-0.15, -0.1) is 0 Å². The average molecular weight is 696 g/mol. The van der Waals surface area contributed by atoms with Crippen molar-refractivity contribution in [2.24, 2.45) is 5.10 Å². The van der Waals surface area contributed by atoms with Gasteiger partial charge in [0.05, 0.1) is 28.9 Å². The Bertz CT molecular complexity index is 1180. The van der Waals surface area contributed by atoms with Gasteiger partial charge in [0.15, 0.2) is 0 Å². The van der Waals surface area contributed by atoms with Gasteiger partial charge >= 0.3 is 0 Å². The van der Waals surface area contributed by atoms with Crippen LogP contribution < -0.4 is 10.2 Å². The SMILES string of the molecule is O=C(N/N=C/c1cc(I)c(OCc2ccc([N+](=O)[O-])cc2)c(I)c1)c1ccc(Cl)cc1Cl. The van der Waals surface area contributed by atoms with Crippen molar-refractivity contribution in [3.63, 3.8) is 0 Å². The molecule has 1 N–H and O–H groups in total. The zero-order chi connectivity index (χ0) is 23.3. The molecule has 0 aliphatic heterocycles. The van der Waals surface area contributed by atoms with Gasteiger partial charge in [0.25, 0.3) is 11.6 Å². The summed E-state index contributed by atoms with van der Waals surface area (Å²) in [6.07, 6.45) is 1.52. The molecule has 0 aliphatic rings. The normalized spacial score (nSPS) is 10.9. The number of rotatable bonds is 7. The Hall–Kier alpha value is -1.96. The summed E-state index contributed by atoms with van der Waals surface area (Å²) < 4.78 is 7.61. The topological polar surface area (TPSA) is 93.8 Å².